The largest absolute Gasteiger partial charge is 0.434 e. The third-order valence-corrected chi connectivity index (χ3v) is 2.84. The lowest BCUT2D eigenvalue weighted by Crippen LogP contribution is -2.10. The van der Waals surface area contributed by atoms with Crippen LogP contribution in [0.1, 0.15) is 25.3 Å². The molecule has 0 saturated heterocycles. The van der Waals surface area contributed by atoms with Gasteiger partial charge in [0.1, 0.15) is 12.4 Å². The zero-order valence-electron chi connectivity index (χ0n) is 10.7. The van der Waals surface area contributed by atoms with Crippen molar-refractivity contribution in [2.24, 2.45) is 11.1 Å². The molecule has 0 amide bonds. The molecular formula is C13H13F4NO2. The van der Waals surface area contributed by atoms with Crippen molar-refractivity contribution in [1.29, 1.82) is 0 Å². The van der Waals surface area contributed by atoms with Gasteiger partial charge in [0.25, 0.3) is 0 Å². The van der Waals surface area contributed by atoms with Crippen LogP contribution in [0.5, 0.6) is 5.75 Å². The fraction of sp³-hybridized carbons (Fsp3) is 0.462. The number of hydrogen-bond donors (Lipinski definition) is 0. The predicted octanol–water partition coefficient (Wildman–Crippen LogP) is 3.72. The maximum atomic E-state index is 13.7. The molecule has 0 bridgehead atoms. The van der Waals surface area contributed by atoms with Crippen molar-refractivity contribution >= 4 is 5.71 Å². The molecule has 0 heterocycles. The highest BCUT2D eigenvalue weighted by molar-refractivity contribution is 6.01. The van der Waals surface area contributed by atoms with Crippen LogP contribution in [0.4, 0.5) is 17.6 Å². The van der Waals surface area contributed by atoms with Crippen LogP contribution in [0, 0.1) is 17.6 Å². The van der Waals surface area contributed by atoms with Gasteiger partial charge in [-0.25, -0.2) is 8.78 Å². The van der Waals surface area contributed by atoms with Crippen LogP contribution >= 0.6 is 0 Å². The number of nitrogens with zero attached hydrogens (tertiary/aromatic N) is 1. The van der Waals surface area contributed by atoms with Gasteiger partial charge in [0.15, 0.2) is 11.6 Å². The molecule has 1 aromatic rings. The summed E-state index contributed by atoms with van der Waals surface area (Å²) in [6.45, 7) is -1.43. The van der Waals surface area contributed by atoms with Crippen LogP contribution in [0.25, 0.3) is 0 Å². The summed E-state index contributed by atoms with van der Waals surface area (Å²) >= 11 is 0. The summed E-state index contributed by atoms with van der Waals surface area (Å²) in [4.78, 5) is 4.98. The van der Waals surface area contributed by atoms with Gasteiger partial charge in [0.05, 0.1) is 11.3 Å². The standard InChI is InChI=1S/C13H13F4NO2/c1-7(18-19-6-8-2-3-8)11-10(20-13(16)17)5-4-9(14)12(11)15/h4-5,8,13H,2-3,6H2,1H3/b18-7+. The summed E-state index contributed by atoms with van der Waals surface area (Å²) in [7, 11) is 0. The summed E-state index contributed by atoms with van der Waals surface area (Å²) in [6, 6.07) is 1.65. The average molecular weight is 291 g/mol. The second-order valence-corrected chi connectivity index (χ2v) is 4.53. The number of alkyl halides is 2. The van der Waals surface area contributed by atoms with Crippen molar-refractivity contribution in [3.05, 3.63) is 29.3 Å². The number of rotatable bonds is 6. The Morgan fingerprint density at radius 1 is 1.35 bits per heavy atom. The maximum absolute atomic E-state index is 13.7. The van der Waals surface area contributed by atoms with E-state index in [1.54, 1.807) is 0 Å². The van der Waals surface area contributed by atoms with Crippen LogP contribution in [0.2, 0.25) is 0 Å². The maximum Gasteiger partial charge on any atom is 0.387 e. The summed E-state index contributed by atoms with van der Waals surface area (Å²) < 4.78 is 55.6. The quantitative estimate of drug-likeness (QED) is 0.454. The van der Waals surface area contributed by atoms with E-state index in [9.17, 15) is 17.6 Å². The van der Waals surface area contributed by atoms with E-state index in [0.717, 1.165) is 25.0 Å². The number of ether oxygens (including phenoxy) is 1. The van der Waals surface area contributed by atoms with E-state index in [2.05, 4.69) is 9.89 Å². The molecule has 1 fully saturated rings. The molecule has 0 N–H and O–H groups in total. The Hall–Kier alpha value is -1.79. The molecule has 0 spiro atoms. The minimum Gasteiger partial charge on any atom is -0.434 e. The van der Waals surface area contributed by atoms with Gasteiger partial charge in [0.2, 0.25) is 0 Å². The third-order valence-electron chi connectivity index (χ3n) is 2.84. The van der Waals surface area contributed by atoms with Gasteiger partial charge in [-0.15, -0.1) is 0 Å². The highest BCUT2D eigenvalue weighted by Crippen LogP contribution is 2.29. The van der Waals surface area contributed by atoms with E-state index in [1.807, 2.05) is 0 Å². The Bertz CT molecular complexity index is 515. The first kappa shape index (κ1) is 14.6. The van der Waals surface area contributed by atoms with Crippen molar-refractivity contribution in [2.45, 2.75) is 26.4 Å². The predicted molar refractivity (Wildman–Crippen MR) is 63.9 cm³/mol. The van der Waals surface area contributed by atoms with Gasteiger partial charge in [-0.3, -0.25) is 0 Å². The van der Waals surface area contributed by atoms with Crippen LogP contribution in [0.3, 0.4) is 0 Å². The number of hydrogen-bond acceptors (Lipinski definition) is 3. The Morgan fingerprint density at radius 3 is 2.65 bits per heavy atom. The van der Waals surface area contributed by atoms with Gasteiger partial charge >= 0.3 is 6.61 Å². The molecule has 0 unspecified atom stereocenters. The molecule has 20 heavy (non-hydrogen) atoms. The summed E-state index contributed by atoms with van der Waals surface area (Å²) in [5, 5.41) is 3.63. The molecule has 1 aliphatic rings. The van der Waals surface area contributed by atoms with E-state index in [4.69, 9.17) is 4.84 Å². The fourth-order valence-electron chi connectivity index (χ4n) is 1.63. The van der Waals surface area contributed by atoms with Crippen LogP contribution in [0.15, 0.2) is 17.3 Å². The Balaban J connectivity index is 2.23. The third kappa shape index (κ3) is 3.61. The van der Waals surface area contributed by atoms with Crippen LogP contribution in [-0.4, -0.2) is 18.9 Å². The number of oxime groups is 1. The molecule has 1 aromatic carbocycles. The molecular weight excluding hydrogens is 278 g/mol. The lowest BCUT2D eigenvalue weighted by atomic mass is 10.1. The molecule has 2 rings (SSSR count). The lowest BCUT2D eigenvalue weighted by Gasteiger charge is -2.11. The van der Waals surface area contributed by atoms with E-state index < -0.39 is 29.6 Å². The summed E-state index contributed by atoms with van der Waals surface area (Å²) in [5.74, 6) is -2.51. The lowest BCUT2D eigenvalue weighted by molar-refractivity contribution is -0.0502. The van der Waals surface area contributed by atoms with E-state index in [-0.39, 0.29) is 5.71 Å². The second-order valence-electron chi connectivity index (χ2n) is 4.53. The molecule has 0 aromatic heterocycles. The monoisotopic (exact) mass is 291 g/mol. The molecule has 0 atom stereocenters. The SMILES string of the molecule is C/C(=N\OCC1CC1)c1c(OC(F)F)ccc(F)c1F. The number of benzene rings is 1. The van der Waals surface area contributed by atoms with E-state index in [1.165, 1.54) is 6.92 Å². The van der Waals surface area contributed by atoms with Gasteiger partial charge in [-0.1, -0.05) is 5.16 Å². The van der Waals surface area contributed by atoms with Crippen molar-refractivity contribution in [3.63, 3.8) is 0 Å². The topological polar surface area (TPSA) is 30.8 Å². The van der Waals surface area contributed by atoms with Gasteiger partial charge in [-0.05, 0) is 37.8 Å². The molecule has 110 valence electrons. The van der Waals surface area contributed by atoms with Crippen molar-refractivity contribution in [1.82, 2.24) is 0 Å². The first-order chi connectivity index (χ1) is 9.49. The van der Waals surface area contributed by atoms with Crippen molar-refractivity contribution < 1.29 is 27.1 Å². The molecule has 3 nitrogen and oxygen atoms in total. The minimum absolute atomic E-state index is 0.0571. The van der Waals surface area contributed by atoms with Crippen molar-refractivity contribution in [2.75, 3.05) is 6.61 Å². The fourth-order valence-corrected chi connectivity index (χ4v) is 1.63. The Kier molecular flexibility index (Phi) is 4.46. The van der Waals surface area contributed by atoms with Crippen LogP contribution < -0.4 is 4.74 Å². The van der Waals surface area contributed by atoms with Gasteiger partial charge in [0, 0.05) is 0 Å². The smallest absolute Gasteiger partial charge is 0.387 e. The Labute approximate surface area is 113 Å². The molecule has 0 aliphatic heterocycles. The second kappa shape index (κ2) is 6.11. The van der Waals surface area contributed by atoms with E-state index >= 15 is 0 Å². The average Bonchev–Trinajstić information content (AvgIpc) is 3.17. The summed E-state index contributed by atoms with van der Waals surface area (Å²) in [5.41, 5.74) is -0.514. The highest BCUT2D eigenvalue weighted by Gasteiger charge is 2.23. The minimum atomic E-state index is -3.14. The highest BCUT2D eigenvalue weighted by atomic mass is 19.3. The first-order valence-electron chi connectivity index (χ1n) is 6.08. The van der Waals surface area contributed by atoms with Crippen molar-refractivity contribution in [3.8, 4) is 5.75 Å². The number of halogens is 4. The van der Waals surface area contributed by atoms with Gasteiger partial charge < -0.3 is 9.57 Å². The molecule has 1 saturated carbocycles. The first-order valence-corrected chi connectivity index (χ1v) is 6.08. The molecule has 0 radical (unpaired) electrons. The normalized spacial score (nSPS) is 15.6. The zero-order chi connectivity index (χ0) is 14.7. The van der Waals surface area contributed by atoms with Gasteiger partial charge in [-0.2, -0.15) is 8.78 Å². The molecule has 7 heteroatoms. The summed E-state index contributed by atoms with van der Waals surface area (Å²) in [6.07, 6.45) is 2.09. The molecule has 1 aliphatic carbocycles. The van der Waals surface area contributed by atoms with Crippen LogP contribution in [-0.2, 0) is 4.84 Å². The Morgan fingerprint density at radius 2 is 2.05 bits per heavy atom. The van der Waals surface area contributed by atoms with E-state index in [0.29, 0.717) is 12.5 Å². The zero-order valence-corrected chi connectivity index (χ0v) is 10.7.